The number of thiophene rings is 1. The Hall–Kier alpha value is -4.79. The van der Waals surface area contributed by atoms with Gasteiger partial charge in [-0.25, -0.2) is 9.37 Å². The van der Waals surface area contributed by atoms with Crippen LogP contribution < -0.4 is 4.40 Å². The molecule has 4 heterocycles. The average Bonchev–Trinajstić information content (AvgIpc) is 3.85. The second kappa shape index (κ2) is 18.0. The molecule has 9 aromatic rings. The zero-order valence-corrected chi connectivity index (χ0v) is 42.8. The van der Waals surface area contributed by atoms with E-state index in [1.165, 1.54) is 29.1 Å². The molecule has 323 valence electrons. The molecule has 4 nitrogen and oxygen atoms in total. The molecule has 0 bridgehead atoms. The van der Waals surface area contributed by atoms with E-state index in [2.05, 4.69) is 121 Å². The minimum Gasteiger partial charge on any atom is 0 e. The Balaban J connectivity index is 0.000000215. The van der Waals surface area contributed by atoms with Crippen LogP contribution in [0.1, 0.15) is 70.7 Å². The smallest absolute Gasteiger partial charge is 0 e. The van der Waals surface area contributed by atoms with Gasteiger partial charge in [-0.2, -0.15) is 11.3 Å². The van der Waals surface area contributed by atoms with Gasteiger partial charge in [0.2, 0.25) is 0 Å². The molecule has 63 heavy (non-hydrogen) atoms. The van der Waals surface area contributed by atoms with Crippen LogP contribution in [0, 0.1) is 37.1 Å². The maximum absolute atomic E-state index is 13.5. The Morgan fingerprint density at radius 2 is 1.56 bits per heavy atom. The third-order valence-electron chi connectivity index (χ3n) is 10.8. The summed E-state index contributed by atoms with van der Waals surface area (Å²) in [5.41, 5.74) is 9.91. The molecule has 0 N–H and O–H groups in total. The molecular weight excluding hydrogens is 1030 g/mol. The van der Waals surface area contributed by atoms with Crippen LogP contribution in [0.3, 0.4) is 0 Å². The number of fused-ring (bicyclic) bond motifs is 4. The standard InChI is InChI=1S/C35H27FN3S.C20H28GeN.Ir/c1-21-9-18-27(32-31(21)26-19-20-28(38-34(26)40-32)22-10-14-24(36)15-11-22)33-37-29-7-5-6-8-30(29)39(33)25-16-12-23(13-17-25)35(2,3)4;1-15-8-10-16(11-9-15)19-12-17(13-20(2,3)4)18(14-22-19)21(5,6)7;/h5-17,19-20H,1-4H3;8-10,12,14H,13H2,1-7H3;/q2*-1;/i;1D3,13D2;. The van der Waals surface area contributed by atoms with Crippen LogP contribution in [0.2, 0.25) is 17.3 Å². The van der Waals surface area contributed by atoms with Crippen LogP contribution in [0.15, 0.2) is 121 Å². The number of hydrogen-bond acceptors (Lipinski definition) is 4. The predicted molar refractivity (Wildman–Crippen MR) is 264 cm³/mol. The van der Waals surface area contributed by atoms with Crippen LogP contribution in [0.25, 0.3) is 70.9 Å². The number of imidazole rings is 1. The van der Waals surface area contributed by atoms with Gasteiger partial charge in [0.15, 0.2) is 0 Å². The fourth-order valence-electron chi connectivity index (χ4n) is 7.67. The molecule has 0 saturated heterocycles. The Labute approximate surface area is 399 Å². The Bertz CT molecular complexity index is 3270. The molecule has 0 unspecified atom stereocenters. The van der Waals surface area contributed by atoms with Crippen molar-refractivity contribution in [3.8, 4) is 39.6 Å². The van der Waals surface area contributed by atoms with E-state index in [9.17, 15) is 4.39 Å². The van der Waals surface area contributed by atoms with Gasteiger partial charge in [0.05, 0.1) is 22.6 Å². The largest absolute Gasteiger partial charge is 0 e. The number of aromatic nitrogens is 4. The van der Waals surface area contributed by atoms with Crippen LogP contribution in [0.5, 0.6) is 0 Å². The van der Waals surface area contributed by atoms with Crippen LogP contribution in [-0.2, 0) is 31.9 Å². The monoisotopic (exact) mass is 1090 g/mol. The third kappa shape index (κ3) is 9.98. The fraction of sp³-hybridized carbons (Fsp3) is 0.255. The van der Waals surface area contributed by atoms with Crippen LogP contribution in [-0.4, -0.2) is 32.8 Å². The number of aryl methyl sites for hydroxylation is 2. The molecule has 1 radical (unpaired) electrons. The Morgan fingerprint density at radius 3 is 2.21 bits per heavy atom. The number of para-hydroxylation sites is 2. The van der Waals surface area contributed by atoms with Crippen molar-refractivity contribution in [2.24, 2.45) is 5.41 Å². The normalized spacial score (nSPS) is 13.7. The van der Waals surface area contributed by atoms with E-state index in [0.29, 0.717) is 16.8 Å². The van der Waals surface area contributed by atoms with Gasteiger partial charge >= 0.3 is 145 Å². The van der Waals surface area contributed by atoms with E-state index in [1.807, 2.05) is 45.2 Å². The number of nitrogens with zero attached hydrogens (tertiary/aromatic N) is 4. The molecule has 9 rings (SSSR count). The number of hydrogen-bond donors (Lipinski definition) is 0. The molecule has 0 amide bonds. The molecule has 0 saturated carbocycles. The van der Waals surface area contributed by atoms with Gasteiger partial charge in [0, 0.05) is 36.7 Å². The first-order chi connectivity index (χ1) is 31.3. The molecule has 0 atom stereocenters. The zero-order chi connectivity index (χ0) is 48.4. The van der Waals surface area contributed by atoms with E-state index in [1.54, 1.807) is 35.6 Å². The maximum atomic E-state index is 13.5. The van der Waals surface area contributed by atoms with E-state index in [4.69, 9.17) is 16.8 Å². The molecular formula is C55H55FGeIrN4S-2. The SMILES string of the molecule is Cc1c[c-]c(-c2nc3ccccc3n2-c2ccc(C(C)(C)C)cc2)c2sc3nc(-c4ccc(F)cc4)ccc3c12.[2H]C([2H])([2H])c1c[c-]c(-c2cc(C([2H])([2H])C(C)(C)C)[c]([Ge]([CH3])([CH3])[CH3])cn2)cc1.[Ir]. The summed E-state index contributed by atoms with van der Waals surface area (Å²) in [5, 5.41) is 2.28. The van der Waals surface area contributed by atoms with E-state index >= 15 is 0 Å². The summed E-state index contributed by atoms with van der Waals surface area (Å²) in [4.78, 5) is 15.6. The van der Waals surface area contributed by atoms with E-state index in [0.717, 1.165) is 64.2 Å². The van der Waals surface area contributed by atoms with Gasteiger partial charge in [-0.15, -0.1) is 17.7 Å². The second-order valence-electron chi connectivity index (χ2n) is 19.0. The molecule has 4 aromatic heterocycles. The van der Waals surface area contributed by atoms with Crippen molar-refractivity contribution in [2.45, 2.75) is 84.4 Å². The van der Waals surface area contributed by atoms with Crippen LogP contribution >= 0.6 is 11.3 Å². The Morgan fingerprint density at radius 1 is 0.825 bits per heavy atom. The first kappa shape index (κ1) is 39.8. The molecule has 0 aliphatic heterocycles. The number of rotatable bonds is 6. The predicted octanol–water partition coefficient (Wildman–Crippen LogP) is 14.7. The van der Waals surface area contributed by atoms with E-state index < -0.39 is 31.9 Å². The van der Waals surface area contributed by atoms with Gasteiger partial charge in [0.1, 0.15) is 10.6 Å². The van der Waals surface area contributed by atoms with Gasteiger partial charge in [-0.1, -0.05) is 69.0 Å². The summed E-state index contributed by atoms with van der Waals surface area (Å²) in [6.07, 6.45) is 0.303. The second-order valence-corrected chi connectivity index (χ2v) is 30.6. The van der Waals surface area contributed by atoms with E-state index in [-0.39, 0.29) is 36.9 Å². The number of benzene rings is 5. The number of halogens is 1. The van der Waals surface area contributed by atoms with Gasteiger partial charge in [-0.3, -0.25) is 4.98 Å². The first-order valence-electron chi connectivity index (χ1n) is 23.5. The molecule has 0 aliphatic carbocycles. The zero-order valence-electron chi connectivity index (χ0n) is 42.5. The molecule has 0 aliphatic rings. The summed E-state index contributed by atoms with van der Waals surface area (Å²) < 4.78 is 58.0. The van der Waals surface area contributed by atoms with Crippen molar-refractivity contribution in [2.75, 3.05) is 0 Å². The fourth-order valence-corrected chi connectivity index (χ4v) is 11.8. The van der Waals surface area contributed by atoms with Crippen molar-refractivity contribution >= 4 is 60.3 Å². The quantitative estimate of drug-likeness (QED) is 0.123. The van der Waals surface area contributed by atoms with Gasteiger partial charge in [-0.05, 0) is 70.3 Å². The minimum absolute atomic E-state index is 0. The molecule has 0 spiro atoms. The summed E-state index contributed by atoms with van der Waals surface area (Å²) in [6, 6.07) is 42.9. The summed E-state index contributed by atoms with van der Waals surface area (Å²) >= 11 is -0.697. The first-order valence-corrected chi connectivity index (χ1v) is 29.1. The molecule has 5 aromatic carbocycles. The van der Waals surface area contributed by atoms with Crippen LogP contribution in [0.4, 0.5) is 4.39 Å². The van der Waals surface area contributed by atoms with Crippen molar-refractivity contribution in [1.29, 1.82) is 0 Å². The maximum Gasteiger partial charge on any atom is 0 e. The summed E-state index contributed by atoms with van der Waals surface area (Å²) in [6.45, 7) is 12.4. The Kier molecular flexibility index (Phi) is 11.4. The topological polar surface area (TPSA) is 43.6 Å². The van der Waals surface area contributed by atoms with Gasteiger partial charge < -0.3 is 4.57 Å². The minimum atomic E-state index is -2.36. The summed E-state index contributed by atoms with van der Waals surface area (Å²) in [5.74, 6) is 7.31. The average molecular weight is 1090 g/mol. The van der Waals surface area contributed by atoms with Gasteiger partial charge in [0.25, 0.3) is 0 Å². The molecule has 0 fully saturated rings. The van der Waals surface area contributed by atoms with Crippen molar-refractivity contribution in [3.63, 3.8) is 0 Å². The summed E-state index contributed by atoms with van der Waals surface area (Å²) in [7, 11) is 0. The third-order valence-corrected chi connectivity index (χ3v) is 16.2. The molecule has 8 heteroatoms. The van der Waals surface area contributed by atoms with Crippen molar-refractivity contribution in [1.82, 2.24) is 19.5 Å². The van der Waals surface area contributed by atoms with Crippen molar-refractivity contribution in [3.05, 3.63) is 162 Å². The number of pyridine rings is 2. The van der Waals surface area contributed by atoms with Crippen molar-refractivity contribution < 1.29 is 31.3 Å².